The summed E-state index contributed by atoms with van der Waals surface area (Å²) in [5.74, 6) is -0.0420. The number of carbonyl (C=O) groups excluding carboxylic acids is 1. The fraction of sp³-hybridized carbons (Fsp3) is 0.562. The molecule has 7 nitrogen and oxygen atoms in total. The van der Waals surface area contributed by atoms with E-state index >= 15 is 0 Å². The highest BCUT2D eigenvalue weighted by Gasteiger charge is 2.38. The fourth-order valence-electron chi connectivity index (χ4n) is 2.67. The third-order valence-electron chi connectivity index (χ3n) is 4.21. The van der Waals surface area contributed by atoms with Gasteiger partial charge >= 0.3 is 0 Å². The number of ether oxygens (including phenoxy) is 1. The van der Waals surface area contributed by atoms with Crippen molar-refractivity contribution in [2.45, 2.75) is 26.2 Å². The Morgan fingerprint density at radius 2 is 1.79 bits per heavy atom. The summed E-state index contributed by atoms with van der Waals surface area (Å²) in [5, 5.41) is 2.87. The highest BCUT2D eigenvalue weighted by Crippen LogP contribution is 2.31. The maximum atomic E-state index is 12.6. The molecule has 2 rings (SSSR count). The molecule has 0 spiro atoms. The summed E-state index contributed by atoms with van der Waals surface area (Å²) < 4.78 is 31.3. The number of nitrogens with two attached hydrogens (primary N) is 1. The van der Waals surface area contributed by atoms with Gasteiger partial charge in [-0.15, -0.1) is 0 Å². The van der Waals surface area contributed by atoms with E-state index in [1.54, 1.807) is 31.2 Å². The smallest absolute Gasteiger partial charge is 0.232 e. The SMILES string of the molecule is CCCS(=O)(=O)Nc1ccc(NC(=O)C2(CN)CCOCC2)cc1. The highest BCUT2D eigenvalue weighted by atomic mass is 32.2. The quantitative estimate of drug-likeness (QED) is 0.687. The number of nitrogens with one attached hydrogen (secondary N) is 2. The van der Waals surface area contributed by atoms with E-state index in [1.807, 2.05) is 0 Å². The van der Waals surface area contributed by atoms with E-state index in [4.69, 9.17) is 10.5 Å². The van der Waals surface area contributed by atoms with Crippen LogP contribution in [-0.2, 0) is 19.6 Å². The molecule has 1 aromatic rings. The van der Waals surface area contributed by atoms with Crippen LogP contribution in [0.1, 0.15) is 26.2 Å². The minimum Gasteiger partial charge on any atom is -0.381 e. The predicted molar refractivity (Wildman–Crippen MR) is 94.3 cm³/mol. The van der Waals surface area contributed by atoms with Crippen LogP contribution < -0.4 is 15.8 Å². The van der Waals surface area contributed by atoms with Crippen molar-refractivity contribution in [1.29, 1.82) is 0 Å². The molecule has 1 aromatic carbocycles. The molecular weight excluding hydrogens is 330 g/mol. The number of benzene rings is 1. The van der Waals surface area contributed by atoms with Gasteiger partial charge in [0.2, 0.25) is 15.9 Å². The molecule has 0 radical (unpaired) electrons. The number of amides is 1. The van der Waals surface area contributed by atoms with Crippen LogP contribution >= 0.6 is 0 Å². The van der Waals surface area contributed by atoms with Crippen molar-refractivity contribution in [1.82, 2.24) is 0 Å². The number of anilines is 2. The summed E-state index contributed by atoms with van der Waals surface area (Å²) in [6.45, 7) is 3.14. The monoisotopic (exact) mass is 355 g/mol. The molecule has 1 saturated heterocycles. The molecule has 4 N–H and O–H groups in total. The Labute approximate surface area is 143 Å². The van der Waals surface area contributed by atoms with Gasteiger partial charge in [0.1, 0.15) is 0 Å². The van der Waals surface area contributed by atoms with Gasteiger partial charge in [-0.1, -0.05) is 6.92 Å². The van der Waals surface area contributed by atoms with E-state index in [1.165, 1.54) is 0 Å². The molecule has 1 fully saturated rings. The van der Waals surface area contributed by atoms with Crippen molar-refractivity contribution < 1.29 is 17.9 Å². The zero-order valence-corrected chi connectivity index (χ0v) is 14.7. The van der Waals surface area contributed by atoms with Crippen LogP contribution in [-0.4, -0.2) is 39.8 Å². The van der Waals surface area contributed by atoms with Gasteiger partial charge in [-0.05, 0) is 43.5 Å². The van der Waals surface area contributed by atoms with Crippen molar-refractivity contribution in [2.75, 3.05) is 35.6 Å². The Morgan fingerprint density at radius 3 is 2.33 bits per heavy atom. The van der Waals surface area contributed by atoms with Gasteiger partial charge in [-0.25, -0.2) is 8.42 Å². The van der Waals surface area contributed by atoms with Crippen molar-refractivity contribution in [3.8, 4) is 0 Å². The molecule has 134 valence electrons. The van der Waals surface area contributed by atoms with Crippen molar-refractivity contribution >= 4 is 27.3 Å². The lowest BCUT2D eigenvalue weighted by atomic mass is 9.79. The molecule has 24 heavy (non-hydrogen) atoms. The zero-order chi connectivity index (χ0) is 17.6. The van der Waals surface area contributed by atoms with Crippen molar-refractivity contribution in [3.63, 3.8) is 0 Å². The van der Waals surface area contributed by atoms with E-state index in [0.29, 0.717) is 43.9 Å². The first-order chi connectivity index (χ1) is 11.4. The van der Waals surface area contributed by atoms with Gasteiger partial charge in [0.15, 0.2) is 0 Å². The number of hydrogen-bond acceptors (Lipinski definition) is 5. The van der Waals surface area contributed by atoms with Gasteiger partial charge in [-0.3, -0.25) is 9.52 Å². The lowest BCUT2D eigenvalue weighted by Crippen LogP contribution is -2.46. The summed E-state index contributed by atoms with van der Waals surface area (Å²) in [6.07, 6.45) is 1.75. The Morgan fingerprint density at radius 1 is 1.21 bits per heavy atom. The number of sulfonamides is 1. The van der Waals surface area contributed by atoms with Crippen LogP contribution in [0.15, 0.2) is 24.3 Å². The molecule has 0 unspecified atom stereocenters. The molecule has 0 bridgehead atoms. The maximum Gasteiger partial charge on any atom is 0.232 e. The lowest BCUT2D eigenvalue weighted by molar-refractivity contribution is -0.130. The largest absolute Gasteiger partial charge is 0.381 e. The van der Waals surface area contributed by atoms with E-state index < -0.39 is 15.4 Å². The van der Waals surface area contributed by atoms with Gasteiger partial charge in [0.25, 0.3) is 0 Å². The second kappa shape index (κ2) is 7.96. The molecule has 0 aromatic heterocycles. The number of carbonyl (C=O) groups is 1. The van der Waals surface area contributed by atoms with Crippen LogP contribution in [0, 0.1) is 5.41 Å². The average Bonchev–Trinajstić information content (AvgIpc) is 2.56. The van der Waals surface area contributed by atoms with E-state index in [9.17, 15) is 13.2 Å². The van der Waals surface area contributed by atoms with Gasteiger partial charge in [0.05, 0.1) is 11.2 Å². The van der Waals surface area contributed by atoms with Gasteiger partial charge in [-0.2, -0.15) is 0 Å². The molecule has 0 saturated carbocycles. The Bertz CT molecular complexity index is 652. The summed E-state index contributed by atoms with van der Waals surface area (Å²) in [7, 11) is -3.32. The standard InChI is InChI=1S/C16H25N3O4S/c1-2-11-24(21,22)19-14-5-3-13(4-6-14)18-15(20)16(12-17)7-9-23-10-8-16/h3-6,19H,2,7-12,17H2,1H3,(H,18,20). The van der Waals surface area contributed by atoms with Gasteiger partial charge < -0.3 is 15.8 Å². The third-order valence-corrected chi connectivity index (χ3v) is 5.70. The Kier molecular flexibility index (Phi) is 6.20. The molecule has 0 aliphatic carbocycles. The highest BCUT2D eigenvalue weighted by molar-refractivity contribution is 7.92. The summed E-state index contributed by atoms with van der Waals surface area (Å²) in [5.41, 5.74) is 6.31. The predicted octanol–water partition coefficient (Wildman–Crippen LogP) is 1.53. The molecule has 1 aliphatic heterocycles. The number of rotatable bonds is 7. The normalized spacial score (nSPS) is 17.2. The van der Waals surface area contributed by atoms with Gasteiger partial charge in [0, 0.05) is 31.1 Å². The lowest BCUT2D eigenvalue weighted by Gasteiger charge is -2.34. The Hall–Kier alpha value is -1.64. The number of hydrogen-bond donors (Lipinski definition) is 3. The first kappa shape index (κ1) is 18.7. The minimum absolute atomic E-state index is 0.0760. The van der Waals surface area contributed by atoms with Crippen LogP contribution in [0.2, 0.25) is 0 Å². The maximum absolute atomic E-state index is 12.6. The van der Waals surface area contributed by atoms with Crippen molar-refractivity contribution in [3.05, 3.63) is 24.3 Å². The Balaban J connectivity index is 2.02. The van der Waals surface area contributed by atoms with E-state index in [-0.39, 0.29) is 18.2 Å². The average molecular weight is 355 g/mol. The van der Waals surface area contributed by atoms with Crippen molar-refractivity contribution in [2.24, 2.45) is 11.1 Å². The summed E-state index contributed by atoms with van der Waals surface area (Å²) in [6, 6.07) is 6.60. The van der Waals surface area contributed by atoms with E-state index in [2.05, 4.69) is 10.0 Å². The third kappa shape index (κ3) is 4.68. The first-order valence-corrected chi connectivity index (χ1v) is 9.76. The molecule has 1 amide bonds. The minimum atomic E-state index is -3.32. The topological polar surface area (TPSA) is 111 Å². The van der Waals surface area contributed by atoms with Crippen LogP contribution in [0.25, 0.3) is 0 Å². The molecular formula is C16H25N3O4S. The summed E-state index contributed by atoms with van der Waals surface area (Å²) in [4.78, 5) is 12.6. The second-order valence-corrected chi connectivity index (χ2v) is 7.89. The summed E-state index contributed by atoms with van der Waals surface area (Å²) >= 11 is 0. The zero-order valence-electron chi connectivity index (χ0n) is 13.9. The first-order valence-electron chi connectivity index (χ1n) is 8.10. The second-order valence-electron chi connectivity index (χ2n) is 6.05. The molecule has 1 heterocycles. The molecule has 8 heteroatoms. The molecule has 0 atom stereocenters. The molecule has 1 aliphatic rings. The van der Waals surface area contributed by atoms with Crippen LogP contribution in [0.3, 0.4) is 0 Å². The van der Waals surface area contributed by atoms with Crippen LogP contribution in [0.4, 0.5) is 11.4 Å². The fourth-order valence-corrected chi connectivity index (χ4v) is 3.81. The van der Waals surface area contributed by atoms with E-state index in [0.717, 1.165) is 0 Å². The van der Waals surface area contributed by atoms with Crippen LogP contribution in [0.5, 0.6) is 0 Å².